The van der Waals surface area contributed by atoms with Crippen LogP contribution in [-0.2, 0) is 11.3 Å². The molecular formula is C9H11ClN2O. The van der Waals surface area contributed by atoms with Crippen LogP contribution >= 0.6 is 11.6 Å². The molecule has 1 fully saturated rings. The standard InChI is InChI=1S/C9H11ClN2O/c10-7-4-9(13)12(5-7)6-8-2-1-3-11-8/h1-3,7,11H,4-6H2. The first kappa shape index (κ1) is 8.63. The van der Waals surface area contributed by atoms with Gasteiger partial charge >= 0.3 is 0 Å². The maximum absolute atomic E-state index is 11.3. The third-order valence-corrected chi connectivity index (χ3v) is 2.48. The van der Waals surface area contributed by atoms with Crippen molar-refractivity contribution in [3.05, 3.63) is 24.0 Å². The Morgan fingerprint density at radius 1 is 1.69 bits per heavy atom. The number of carbonyl (C=O) groups is 1. The van der Waals surface area contributed by atoms with Gasteiger partial charge in [-0.3, -0.25) is 4.79 Å². The Hall–Kier alpha value is -0.960. The van der Waals surface area contributed by atoms with Crippen LogP contribution in [0.25, 0.3) is 0 Å². The van der Waals surface area contributed by atoms with E-state index >= 15 is 0 Å². The van der Waals surface area contributed by atoms with Gasteiger partial charge in [-0.2, -0.15) is 0 Å². The van der Waals surface area contributed by atoms with Crippen LogP contribution in [0, 0.1) is 0 Å². The zero-order chi connectivity index (χ0) is 9.26. The van der Waals surface area contributed by atoms with Gasteiger partial charge in [-0.1, -0.05) is 0 Å². The Bertz CT molecular complexity index is 297. The number of alkyl halides is 1. The largest absolute Gasteiger partial charge is 0.364 e. The molecule has 2 rings (SSSR count). The molecule has 1 aliphatic heterocycles. The molecule has 1 aliphatic rings. The quantitative estimate of drug-likeness (QED) is 0.716. The maximum atomic E-state index is 11.3. The second-order valence-electron chi connectivity index (χ2n) is 3.27. The van der Waals surface area contributed by atoms with Crippen molar-refractivity contribution in [2.24, 2.45) is 0 Å². The number of aromatic nitrogens is 1. The highest BCUT2D eigenvalue weighted by Crippen LogP contribution is 2.18. The molecule has 0 aliphatic carbocycles. The Morgan fingerprint density at radius 2 is 2.54 bits per heavy atom. The maximum Gasteiger partial charge on any atom is 0.224 e. The molecule has 0 spiro atoms. The van der Waals surface area contributed by atoms with E-state index in [1.807, 2.05) is 18.3 Å². The number of aromatic amines is 1. The van der Waals surface area contributed by atoms with Gasteiger partial charge in [0.1, 0.15) is 0 Å². The van der Waals surface area contributed by atoms with E-state index < -0.39 is 0 Å². The van der Waals surface area contributed by atoms with Gasteiger partial charge in [-0.25, -0.2) is 0 Å². The summed E-state index contributed by atoms with van der Waals surface area (Å²) in [5, 5.41) is -0.0116. The van der Waals surface area contributed by atoms with E-state index in [0.29, 0.717) is 19.5 Å². The monoisotopic (exact) mass is 198 g/mol. The van der Waals surface area contributed by atoms with E-state index in [9.17, 15) is 4.79 Å². The van der Waals surface area contributed by atoms with Crippen LogP contribution < -0.4 is 0 Å². The van der Waals surface area contributed by atoms with Crippen molar-refractivity contribution >= 4 is 17.5 Å². The Labute approximate surface area is 81.7 Å². The fourth-order valence-electron chi connectivity index (χ4n) is 1.55. The van der Waals surface area contributed by atoms with Crippen molar-refractivity contribution in [1.82, 2.24) is 9.88 Å². The SMILES string of the molecule is O=C1CC(Cl)CN1Cc1ccc[nH]1. The van der Waals surface area contributed by atoms with Crippen LogP contribution in [0.15, 0.2) is 18.3 Å². The molecule has 0 saturated carbocycles. The summed E-state index contributed by atoms with van der Waals surface area (Å²) in [5.74, 6) is 0.148. The van der Waals surface area contributed by atoms with Gasteiger partial charge in [0.2, 0.25) is 5.91 Å². The van der Waals surface area contributed by atoms with Gasteiger partial charge in [-0.15, -0.1) is 11.6 Å². The second-order valence-corrected chi connectivity index (χ2v) is 3.89. The smallest absolute Gasteiger partial charge is 0.224 e. The van der Waals surface area contributed by atoms with Crippen LogP contribution in [0.1, 0.15) is 12.1 Å². The molecule has 70 valence electrons. The van der Waals surface area contributed by atoms with E-state index in [4.69, 9.17) is 11.6 Å². The first-order valence-corrected chi connectivity index (χ1v) is 4.73. The lowest BCUT2D eigenvalue weighted by Gasteiger charge is -2.13. The van der Waals surface area contributed by atoms with Crippen molar-refractivity contribution in [3.8, 4) is 0 Å². The third kappa shape index (κ3) is 1.86. The molecule has 0 radical (unpaired) electrons. The van der Waals surface area contributed by atoms with E-state index in [-0.39, 0.29) is 11.3 Å². The van der Waals surface area contributed by atoms with Crippen molar-refractivity contribution in [2.45, 2.75) is 18.3 Å². The fraction of sp³-hybridized carbons (Fsp3) is 0.444. The van der Waals surface area contributed by atoms with Gasteiger partial charge in [0.05, 0.1) is 11.9 Å². The summed E-state index contributed by atoms with van der Waals surface area (Å²) >= 11 is 5.87. The van der Waals surface area contributed by atoms with Crippen LogP contribution in [0.2, 0.25) is 0 Å². The van der Waals surface area contributed by atoms with Crippen molar-refractivity contribution < 1.29 is 4.79 Å². The molecule has 1 N–H and O–H groups in total. The minimum absolute atomic E-state index is 0.0116. The van der Waals surface area contributed by atoms with Gasteiger partial charge in [0, 0.05) is 24.9 Å². The number of H-pyrrole nitrogens is 1. The average molecular weight is 199 g/mol. The predicted octanol–water partition coefficient (Wildman–Crippen LogP) is 1.35. The number of nitrogens with one attached hydrogen (secondary N) is 1. The van der Waals surface area contributed by atoms with Crippen molar-refractivity contribution in [3.63, 3.8) is 0 Å². The predicted molar refractivity (Wildman–Crippen MR) is 50.5 cm³/mol. The summed E-state index contributed by atoms with van der Waals surface area (Å²) in [7, 11) is 0. The van der Waals surface area contributed by atoms with E-state index in [1.165, 1.54) is 0 Å². The van der Waals surface area contributed by atoms with Gasteiger partial charge in [0.25, 0.3) is 0 Å². The molecule has 4 heteroatoms. The Morgan fingerprint density at radius 3 is 3.08 bits per heavy atom. The number of likely N-dealkylation sites (tertiary alicyclic amines) is 1. The minimum atomic E-state index is -0.0116. The fourth-order valence-corrected chi connectivity index (χ4v) is 1.85. The topological polar surface area (TPSA) is 36.1 Å². The van der Waals surface area contributed by atoms with E-state index in [1.54, 1.807) is 4.90 Å². The highest BCUT2D eigenvalue weighted by Gasteiger charge is 2.27. The number of carbonyl (C=O) groups excluding carboxylic acids is 1. The molecule has 1 amide bonds. The second kappa shape index (κ2) is 3.42. The van der Waals surface area contributed by atoms with E-state index in [2.05, 4.69) is 4.98 Å². The minimum Gasteiger partial charge on any atom is -0.364 e. The summed E-state index contributed by atoms with van der Waals surface area (Å²) in [6.07, 6.45) is 2.33. The molecule has 1 aromatic heterocycles. The molecule has 1 aromatic rings. The summed E-state index contributed by atoms with van der Waals surface area (Å²) < 4.78 is 0. The third-order valence-electron chi connectivity index (χ3n) is 2.19. The summed E-state index contributed by atoms with van der Waals surface area (Å²) in [4.78, 5) is 16.2. The number of amides is 1. The molecule has 3 nitrogen and oxygen atoms in total. The molecular weight excluding hydrogens is 188 g/mol. The zero-order valence-corrected chi connectivity index (χ0v) is 7.92. The number of halogens is 1. The van der Waals surface area contributed by atoms with Crippen molar-refractivity contribution in [1.29, 1.82) is 0 Å². The Balaban J connectivity index is 1.99. The number of rotatable bonds is 2. The number of nitrogens with zero attached hydrogens (tertiary/aromatic N) is 1. The zero-order valence-electron chi connectivity index (χ0n) is 7.16. The molecule has 13 heavy (non-hydrogen) atoms. The number of hydrogen-bond acceptors (Lipinski definition) is 1. The molecule has 2 heterocycles. The lowest BCUT2D eigenvalue weighted by molar-refractivity contribution is -0.128. The highest BCUT2D eigenvalue weighted by atomic mass is 35.5. The molecule has 1 atom stereocenters. The van der Waals surface area contributed by atoms with Gasteiger partial charge in [0.15, 0.2) is 0 Å². The molecule has 0 aromatic carbocycles. The van der Waals surface area contributed by atoms with Crippen LogP contribution in [0.5, 0.6) is 0 Å². The highest BCUT2D eigenvalue weighted by molar-refractivity contribution is 6.22. The summed E-state index contributed by atoms with van der Waals surface area (Å²) in [5.41, 5.74) is 1.05. The van der Waals surface area contributed by atoms with E-state index in [0.717, 1.165) is 5.69 Å². The van der Waals surface area contributed by atoms with Gasteiger partial charge in [-0.05, 0) is 12.1 Å². The molecule has 1 unspecified atom stereocenters. The first-order valence-electron chi connectivity index (χ1n) is 4.30. The van der Waals surface area contributed by atoms with Crippen LogP contribution in [-0.4, -0.2) is 27.7 Å². The summed E-state index contributed by atoms with van der Waals surface area (Å²) in [6.45, 7) is 1.31. The molecule has 1 saturated heterocycles. The summed E-state index contributed by atoms with van der Waals surface area (Å²) in [6, 6.07) is 3.89. The number of hydrogen-bond donors (Lipinski definition) is 1. The first-order chi connectivity index (χ1) is 6.25. The van der Waals surface area contributed by atoms with Crippen LogP contribution in [0.4, 0.5) is 0 Å². The average Bonchev–Trinajstić information content (AvgIpc) is 2.63. The normalized spacial score (nSPS) is 22.7. The van der Waals surface area contributed by atoms with Gasteiger partial charge < -0.3 is 9.88 Å². The lowest BCUT2D eigenvalue weighted by atomic mass is 10.4. The van der Waals surface area contributed by atoms with Crippen molar-refractivity contribution in [2.75, 3.05) is 6.54 Å². The lowest BCUT2D eigenvalue weighted by Crippen LogP contribution is -2.24. The molecule has 0 bridgehead atoms. The Kier molecular flexibility index (Phi) is 2.27. The van der Waals surface area contributed by atoms with Crippen LogP contribution in [0.3, 0.4) is 0 Å².